The number of aromatic nitrogens is 3. The zero-order valence-electron chi connectivity index (χ0n) is 17.2. The lowest BCUT2D eigenvalue weighted by atomic mass is 9.84. The van der Waals surface area contributed by atoms with E-state index in [1.54, 1.807) is 13.4 Å². The highest BCUT2D eigenvalue weighted by atomic mass is 79.9. The third kappa shape index (κ3) is 3.00. The van der Waals surface area contributed by atoms with E-state index in [2.05, 4.69) is 55.6 Å². The smallest absolute Gasteiger partial charge is 0.226 e. The van der Waals surface area contributed by atoms with Gasteiger partial charge in [-0.05, 0) is 47.5 Å². The van der Waals surface area contributed by atoms with Gasteiger partial charge in [-0.3, -0.25) is 0 Å². The second kappa shape index (κ2) is 7.53. The maximum absolute atomic E-state index is 6.63. The van der Waals surface area contributed by atoms with Gasteiger partial charge in [-0.15, -0.1) is 0 Å². The fourth-order valence-corrected chi connectivity index (χ4v) is 4.91. The number of anilines is 1. The summed E-state index contributed by atoms with van der Waals surface area (Å²) in [7, 11) is 1.68. The van der Waals surface area contributed by atoms with Crippen LogP contribution in [0.1, 0.15) is 28.8 Å². The van der Waals surface area contributed by atoms with Crippen molar-refractivity contribution >= 4 is 27.6 Å². The van der Waals surface area contributed by atoms with Gasteiger partial charge < -0.3 is 14.8 Å². The van der Waals surface area contributed by atoms with Crippen LogP contribution in [-0.2, 0) is 0 Å². The third-order valence-electron chi connectivity index (χ3n) is 5.88. The van der Waals surface area contributed by atoms with Crippen molar-refractivity contribution in [3.8, 4) is 11.5 Å². The molecule has 0 aliphatic carbocycles. The topological polar surface area (TPSA) is 61.2 Å². The van der Waals surface area contributed by atoms with Crippen LogP contribution in [0.3, 0.4) is 0 Å². The number of hydrogen-bond donors (Lipinski definition) is 1. The maximum atomic E-state index is 6.63. The molecule has 0 spiro atoms. The van der Waals surface area contributed by atoms with Gasteiger partial charge in [-0.2, -0.15) is 10.1 Å². The minimum absolute atomic E-state index is 0.212. The van der Waals surface area contributed by atoms with Gasteiger partial charge in [0.05, 0.1) is 12.8 Å². The number of hydrogen-bond acceptors (Lipinski definition) is 5. The molecule has 0 saturated carbocycles. The Balaban J connectivity index is 1.63. The van der Waals surface area contributed by atoms with Gasteiger partial charge in [0.2, 0.25) is 5.95 Å². The molecule has 1 N–H and O–H groups in total. The fraction of sp³-hybridized carbons (Fsp3) is 0.120. The second-order valence-electron chi connectivity index (χ2n) is 7.71. The largest absolute Gasteiger partial charge is 0.497 e. The maximum Gasteiger partial charge on any atom is 0.226 e. The minimum Gasteiger partial charge on any atom is -0.497 e. The quantitative estimate of drug-likeness (QED) is 0.407. The summed E-state index contributed by atoms with van der Waals surface area (Å²) in [4.78, 5) is 4.48. The Hall–Kier alpha value is -3.58. The van der Waals surface area contributed by atoms with Crippen molar-refractivity contribution < 1.29 is 9.47 Å². The number of benzene rings is 3. The Morgan fingerprint density at radius 1 is 1.00 bits per heavy atom. The molecule has 0 fully saturated rings. The van der Waals surface area contributed by atoms with Gasteiger partial charge in [0, 0.05) is 15.6 Å². The van der Waals surface area contributed by atoms with E-state index in [1.165, 1.54) is 0 Å². The predicted octanol–water partition coefficient (Wildman–Crippen LogP) is 5.61. The molecule has 158 valence electrons. The van der Waals surface area contributed by atoms with Crippen molar-refractivity contribution in [2.75, 3.05) is 12.4 Å². The van der Waals surface area contributed by atoms with Crippen LogP contribution in [-0.4, -0.2) is 21.9 Å². The number of ether oxygens (including phenoxy) is 2. The van der Waals surface area contributed by atoms with Crippen molar-refractivity contribution in [2.24, 2.45) is 0 Å². The summed E-state index contributed by atoms with van der Waals surface area (Å²) in [5.74, 6) is 2.32. The fourth-order valence-electron chi connectivity index (χ4n) is 4.49. The Morgan fingerprint density at radius 2 is 1.84 bits per heavy atom. The van der Waals surface area contributed by atoms with E-state index >= 15 is 0 Å². The molecule has 2 atom stereocenters. The molecular weight excluding hydrogens is 468 g/mol. The molecule has 2 aliphatic heterocycles. The van der Waals surface area contributed by atoms with Crippen LogP contribution < -0.4 is 14.8 Å². The van der Waals surface area contributed by atoms with E-state index in [0.717, 1.165) is 43.9 Å². The van der Waals surface area contributed by atoms with Gasteiger partial charge in [0.1, 0.15) is 30.0 Å². The monoisotopic (exact) mass is 486 g/mol. The molecule has 0 bridgehead atoms. The summed E-state index contributed by atoms with van der Waals surface area (Å²) in [5, 5.41) is 8.09. The standard InChI is InChI=1S/C25H19BrN4O2/c1-31-18-9-5-6-15(13-18)23-21-22(29-25-27-14-28-30(23)25)19-10-2-3-11-20(19)32-24(21)16-7-4-8-17(26)12-16/h2-14,23-24H,1H3,(H,27,28,29)/t23-,24-/m1/s1. The Bertz CT molecular complexity index is 1360. The molecule has 3 heterocycles. The predicted molar refractivity (Wildman–Crippen MR) is 126 cm³/mol. The van der Waals surface area contributed by atoms with Crippen LogP contribution in [0.15, 0.2) is 89.2 Å². The van der Waals surface area contributed by atoms with Gasteiger partial charge in [0.25, 0.3) is 0 Å². The number of rotatable bonds is 3. The molecule has 0 saturated heterocycles. The summed E-state index contributed by atoms with van der Waals surface area (Å²) in [6, 6.07) is 24.2. The molecule has 2 aliphatic rings. The number of methoxy groups -OCH3 is 1. The summed E-state index contributed by atoms with van der Waals surface area (Å²) in [6.45, 7) is 0. The van der Waals surface area contributed by atoms with Crippen LogP contribution in [0.5, 0.6) is 11.5 Å². The normalized spacial score (nSPS) is 18.7. The average molecular weight is 487 g/mol. The van der Waals surface area contributed by atoms with Crippen molar-refractivity contribution in [1.82, 2.24) is 14.8 Å². The van der Waals surface area contributed by atoms with Gasteiger partial charge in [-0.25, -0.2) is 4.68 Å². The van der Waals surface area contributed by atoms with Crippen molar-refractivity contribution in [1.29, 1.82) is 0 Å². The highest BCUT2D eigenvalue weighted by Crippen LogP contribution is 2.50. The molecule has 1 aromatic heterocycles. The van der Waals surface area contributed by atoms with Crippen molar-refractivity contribution in [3.63, 3.8) is 0 Å². The van der Waals surface area contributed by atoms with Crippen LogP contribution in [0.4, 0.5) is 5.95 Å². The molecule has 0 amide bonds. The summed E-state index contributed by atoms with van der Waals surface area (Å²) in [6.07, 6.45) is 1.27. The van der Waals surface area contributed by atoms with Gasteiger partial charge >= 0.3 is 0 Å². The van der Waals surface area contributed by atoms with E-state index in [4.69, 9.17) is 9.47 Å². The first kappa shape index (κ1) is 19.1. The first-order valence-corrected chi connectivity index (χ1v) is 11.1. The lowest BCUT2D eigenvalue weighted by Gasteiger charge is -2.39. The summed E-state index contributed by atoms with van der Waals surface area (Å²) in [5.41, 5.74) is 5.20. The average Bonchev–Trinajstić information content (AvgIpc) is 3.30. The zero-order chi connectivity index (χ0) is 21.7. The van der Waals surface area contributed by atoms with E-state index in [0.29, 0.717) is 5.95 Å². The van der Waals surface area contributed by atoms with Crippen LogP contribution in [0, 0.1) is 0 Å². The van der Waals surface area contributed by atoms with E-state index in [-0.39, 0.29) is 12.1 Å². The minimum atomic E-state index is -0.307. The molecule has 7 heteroatoms. The molecule has 0 radical (unpaired) electrons. The summed E-state index contributed by atoms with van der Waals surface area (Å²) >= 11 is 3.62. The number of nitrogens with one attached hydrogen (secondary N) is 1. The van der Waals surface area contributed by atoms with E-state index in [9.17, 15) is 0 Å². The molecule has 3 aromatic carbocycles. The number of halogens is 1. The molecule has 0 unspecified atom stereocenters. The lowest BCUT2D eigenvalue weighted by Crippen LogP contribution is -2.32. The van der Waals surface area contributed by atoms with E-state index in [1.807, 2.05) is 53.2 Å². The van der Waals surface area contributed by atoms with Crippen molar-refractivity contribution in [3.05, 3.63) is 106 Å². The third-order valence-corrected chi connectivity index (χ3v) is 6.38. The lowest BCUT2D eigenvalue weighted by molar-refractivity contribution is 0.223. The molecule has 6 nitrogen and oxygen atoms in total. The highest BCUT2D eigenvalue weighted by Gasteiger charge is 2.41. The van der Waals surface area contributed by atoms with E-state index < -0.39 is 0 Å². The number of fused-ring (bicyclic) bond motifs is 3. The molecule has 32 heavy (non-hydrogen) atoms. The van der Waals surface area contributed by atoms with Gasteiger partial charge in [-0.1, -0.05) is 52.3 Å². The Morgan fingerprint density at radius 3 is 2.72 bits per heavy atom. The Kier molecular flexibility index (Phi) is 4.50. The van der Waals surface area contributed by atoms with Crippen LogP contribution in [0.25, 0.3) is 5.70 Å². The summed E-state index contributed by atoms with van der Waals surface area (Å²) < 4.78 is 15.1. The molecule has 4 aromatic rings. The number of nitrogens with zero attached hydrogens (tertiary/aromatic N) is 3. The Labute approximate surface area is 193 Å². The number of para-hydroxylation sites is 1. The SMILES string of the molecule is COc1cccc([C@@H]2C3=C(Nc4ncnn42)c2ccccc2O[C@@H]3c2cccc(Br)c2)c1. The van der Waals surface area contributed by atoms with Crippen LogP contribution in [0.2, 0.25) is 0 Å². The second-order valence-corrected chi connectivity index (χ2v) is 8.63. The molecule has 6 rings (SSSR count). The van der Waals surface area contributed by atoms with Crippen molar-refractivity contribution in [2.45, 2.75) is 12.1 Å². The zero-order valence-corrected chi connectivity index (χ0v) is 18.8. The first-order chi connectivity index (χ1) is 15.7. The van der Waals surface area contributed by atoms with Crippen LogP contribution >= 0.6 is 15.9 Å². The molecular formula is C25H19BrN4O2. The first-order valence-electron chi connectivity index (χ1n) is 10.3. The van der Waals surface area contributed by atoms with Gasteiger partial charge in [0.15, 0.2) is 0 Å². The highest BCUT2D eigenvalue weighted by molar-refractivity contribution is 9.10.